The number of nitrogens with zero attached hydrogens (tertiary/aromatic N) is 3. The molecule has 2 saturated heterocycles. The Kier molecular flexibility index (Phi) is 7.84. The smallest absolute Gasteiger partial charge is 0.221 e. The number of Topliss-reactive ketones (excluding diaryl/α,β-unsaturated/α-hetero) is 1. The zero-order chi connectivity index (χ0) is 25.1. The number of carbonyl (C=O) groups excluding carboxylic acids is 2. The van der Waals surface area contributed by atoms with Gasteiger partial charge in [0.2, 0.25) is 10.0 Å². The lowest BCUT2D eigenvalue weighted by atomic mass is 9.84. The number of nitrogen functional groups attached to an aromatic ring is 1. The highest BCUT2D eigenvalue weighted by Gasteiger charge is 2.46. The maximum atomic E-state index is 13.6. The molecule has 188 valence electrons. The van der Waals surface area contributed by atoms with E-state index in [0.29, 0.717) is 43.6 Å². The van der Waals surface area contributed by atoms with Crippen LogP contribution < -0.4 is 21.6 Å². The van der Waals surface area contributed by atoms with Crippen molar-refractivity contribution in [2.75, 3.05) is 43.4 Å². The molecule has 2 aliphatic heterocycles. The van der Waals surface area contributed by atoms with Gasteiger partial charge in [-0.3, -0.25) is 4.79 Å². The molecule has 7 N–H and O–H groups in total. The Morgan fingerprint density at radius 3 is 2.53 bits per heavy atom. The van der Waals surface area contributed by atoms with Crippen molar-refractivity contribution in [3.63, 3.8) is 0 Å². The number of ketones is 1. The third-order valence-electron chi connectivity index (χ3n) is 7.04. The van der Waals surface area contributed by atoms with Crippen LogP contribution in [0, 0.1) is 12.8 Å². The number of sulfonamides is 1. The zero-order valence-electron chi connectivity index (χ0n) is 19.4. The van der Waals surface area contributed by atoms with Crippen molar-refractivity contribution in [1.82, 2.24) is 4.90 Å². The topological polar surface area (TPSA) is 185 Å². The second-order valence-corrected chi connectivity index (χ2v) is 11.0. The van der Waals surface area contributed by atoms with Crippen molar-refractivity contribution in [2.24, 2.45) is 22.0 Å². The highest BCUT2D eigenvalue weighted by Crippen LogP contribution is 2.44. The van der Waals surface area contributed by atoms with Crippen molar-refractivity contribution >= 4 is 39.8 Å². The number of hydrazone groups is 1. The highest BCUT2D eigenvalue weighted by molar-refractivity contribution is 7.90. The summed E-state index contributed by atoms with van der Waals surface area (Å²) in [5, 5.41) is 19.5. The number of primary sulfonamides is 1. The maximum Gasteiger partial charge on any atom is 0.221 e. The molecule has 3 rings (SSSR count). The molecule has 0 aliphatic carbocycles. The van der Waals surface area contributed by atoms with E-state index in [1.807, 2.05) is 9.80 Å². The Bertz CT molecular complexity index is 1070. The maximum absolute atomic E-state index is 13.6. The molecule has 12 heteroatoms. The summed E-state index contributed by atoms with van der Waals surface area (Å²) in [6, 6.07) is 1.43. The number of aliphatic hydroxyl groups excluding tert-OH is 1. The lowest BCUT2D eigenvalue weighted by molar-refractivity contribution is -0.108. The number of aliphatic hydroxyl groups is 1. The predicted octanol–water partition coefficient (Wildman–Crippen LogP) is 0.0392. The number of benzene rings is 1. The Hall–Kier alpha value is -2.70. The minimum atomic E-state index is -4.46. The fraction of sp³-hybridized carbons (Fsp3) is 0.591. The van der Waals surface area contributed by atoms with E-state index in [2.05, 4.69) is 5.10 Å². The molecule has 2 heterocycles. The highest BCUT2D eigenvalue weighted by atomic mass is 32.2. The number of anilines is 2. The average Bonchev–Trinajstić information content (AvgIpc) is 3.33. The molecule has 11 nitrogen and oxygen atoms in total. The van der Waals surface area contributed by atoms with Crippen LogP contribution in [-0.4, -0.2) is 69.6 Å². The summed E-state index contributed by atoms with van der Waals surface area (Å²) in [6.45, 7) is 3.25. The minimum Gasteiger partial charge on any atom is -0.398 e. The van der Waals surface area contributed by atoms with E-state index >= 15 is 0 Å². The van der Waals surface area contributed by atoms with Crippen LogP contribution in [0.5, 0.6) is 0 Å². The lowest BCUT2D eigenvalue weighted by Gasteiger charge is -2.36. The lowest BCUT2D eigenvalue weighted by Crippen LogP contribution is -2.46. The fourth-order valence-electron chi connectivity index (χ4n) is 5.11. The quantitative estimate of drug-likeness (QED) is 0.0699. The molecule has 0 saturated carbocycles. The Morgan fingerprint density at radius 1 is 1.29 bits per heavy atom. The fourth-order valence-corrected chi connectivity index (χ4v) is 6.06. The van der Waals surface area contributed by atoms with Crippen molar-refractivity contribution in [3.05, 3.63) is 22.8 Å². The molecule has 2 atom stereocenters. The van der Waals surface area contributed by atoms with E-state index in [1.54, 1.807) is 6.92 Å². The van der Waals surface area contributed by atoms with E-state index < -0.39 is 33.7 Å². The summed E-state index contributed by atoms with van der Waals surface area (Å²) >= 11 is 0. The molecular weight excluding hydrogens is 460 g/mol. The Morgan fingerprint density at radius 2 is 1.97 bits per heavy atom. The van der Waals surface area contributed by atoms with Gasteiger partial charge in [0, 0.05) is 61.0 Å². The summed E-state index contributed by atoms with van der Waals surface area (Å²) in [7, 11) is -4.46. The van der Waals surface area contributed by atoms with Gasteiger partial charge in [-0.1, -0.05) is 0 Å². The van der Waals surface area contributed by atoms with Gasteiger partial charge in [-0.15, -0.1) is 0 Å². The molecule has 0 amide bonds. The molecule has 34 heavy (non-hydrogen) atoms. The van der Waals surface area contributed by atoms with Gasteiger partial charge in [0.15, 0.2) is 5.78 Å². The standard InChI is InChI=1S/C22H34N6O5S/c1-15-19(23)17(21(31)16-5-4-7-27(12-16)14-26-24)11-18(20(15)28-8-2-3-9-28)22(13-30,6-10-29)34(25,32)33/h10-11,14,16,30H,2-9,12-13,23-24H2,1H3,(H2,25,32,33). The van der Waals surface area contributed by atoms with Crippen molar-refractivity contribution in [1.29, 1.82) is 0 Å². The summed E-state index contributed by atoms with van der Waals surface area (Å²) in [4.78, 5) is 29.0. The molecule has 0 aromatic heterocycles. The van der Waals surface area contributed by atoms with E-state index in [-0.39, 0.29) is 22.6 Å². The second-order valence-electron chi connectivity index (χ2n) is 9.08. The average molecular weight is 495 g/mol. The number of piperidine rings is 1. The molecule has 0 bridgehead atoms. The molecule has 0 radical (unpaired) electrons. The molecule has 0 spiro atoms. The zero-order valence-corrected chi connectivity index (χ0v) is 20.3. The normalized spacial score (nSPS) is 21.1. The van der Waals surface area contributed by atoms with Crippen LogP contribution in [-0.2, 0) is 19.6 Å². The van der Waals surface area contributed by atoms with Crippen LogP contribution >= 0.6 is 0 Å². The van der Waals surface area contributed by atoms with Gasteiger partial charge >= 0.3 is 0 Å². The van der Waals surface area contributed by atoms with Gasteiger partial charge in [-0.2, -0.15) is 5.10 Å². The van der Waals surface area contributed by atoms with Crippen LogP contribution in [0.2, 0.25) is 0 Å². The summed E-state index contributed by atoms with van der Waals surface area (Å²) in [5.41, 5.74) is 8.07. The first-order valence-electron chi connectivity index (χ1n) is 11.4. The summed E-state index contributed by atoms with van der Waals surface area (Å²) in [6.07, 6.45) is 4.53. The van der Waals surface area contributed by atoms with Crippen molar-refractivity contribution in [2.45, 2.75) is 43.8 Å². The third-order valence-corrected chi connectivity index (χ3v) is 8.64. The summed E-state index contributed by atoms with van der Waals surface area (Å²) in [5.74, 6) is 4.62. The van der Waals surface area contributed by atoms with Crippen LogP contribution in [0.25, 0.3) is 0 Å². The monoisotopic (exact) mass is 494 g/mol. The molecule has 2 fully saturated rings. The number of nitrogens with two attached hydrogens (primary N) is 3. The molecule has 1 aromatic rings. The third kappa shape index (κ3) is 4.62. The Balaban J connectivity index is 2.23. The van der Waals surface area contributed by atoms with E-state index in [1.165, 1.54) is 12.4 Å². The first-order valence-corrected chi connectivity index (χ1v) is 12.9. The second kappa shape index (κ2) is 10.3. The number of rotatable bonds is 9. The Labute approximate surface area is 200 Å². The minimum absolute atomic E-state index is 0.137. The van der Waals surface area contributed by atoms with Crippen LogP contribution in [0.3, 0.4) is 0 Å². The number of carbonyl (C=O) groups is 2. The summed E-state index contributed by atoms with van der Waals surface area (Å²) < 4.78 is 23.6. The number of hydrogen-bond acceptors (Lipinski definition) is 9. The van der Waals surface area contributed by atoms with Crippen LogP contribution in [0.15, 0.2) is 11.2 Å². The van der Waals surface area contributed by atoms with E-state index in [9.17, 15) is 23.1 Å². The first-order chi connectivity index (χ1) is 16.1. The largest absolute Gasteiger partial charge is 0.398 e. The molecule has 1 aromatic carbocycles. The SMILES string of the molecule is Cc1c(N)c(C(=O)C2CCCN(C=NN)C2)cc(C(CO)(CC=O)S(N)(=O)=O)c1N1CCCC1. The number of aldehydes is 1. The van der Waals surface area contributed by atoms with E-state index in [0.717, 1.165) is 25.8 Å². The van der Waals surface area contributed by atoms with Gasteiger partial charge < -0.3 is 31.3 Å². The van der Waals surface area contributed by atoms with Gasteiger partial charge in [0.25, 0.3) is 0 Å². The molecular formula is C22H34N6O5S. The van der Waals surface area contributed by atoms with Crippen molar-refractivity contribution in [3.8, 4) is 0 Å². The predicted molar refractivity (Wildman–Crippen MR) is 131 cm³/mol. The van der Waals surface area contributed by atoms with Gasteiger partial charge in [0.05, 0.1) is 6.61 Å². The van der Waals surface area contributed by atoms with Gasteiger partial charge in [0.1, 0.15) is 17.4 Å². The van der Waals surface area contributed by atoms with Crippen LogP contribution in [0.1, 0.15) is 53.6 Å². The number of likely N-dealkylation sites (tertiary alicyclic amines) is 1. The van der Waals surface area contributed by atoms with Crippen LogP contribution in [0.4, 0.5) is 11.4 Å². The van der Waals surface area contributed by atoms with E-state index in [4.69, 9.17) is 16.7 Å². The van der Waals surface area contributed by atoms with Crippen molar-refractivity contribution < 1.29 is 23.1 Å². The number of hydrogen-bond donors (Lipinski definition) is 4. The van der Waals surface area contributed by atoms with Gasteiger partial charge in [-0.25, -0.2) is 13.6 Å². The first kappa shape index (κ1) is 25.9. The molecule has 2 aliphatic rings. The molecule has 2 unspecified atom stereocenters. The van der Waals surface area contributed by atoms with Gasteiger partial charge in [-0.05, 0) is 44.2 Å².